The molecule has 1 aliphatic heterocycles. The van der Waals surface area contributed by atoms with E-state index in [0.717, 1.165) is 12.1 Å². The highest BCUT2D eigenvalue weighted by Gasteiger charge is 2.37. The second-order valence-corrected chi connectivity index (χ2v) is 9.75. The fraction of sp³-hybridized carbons (Fsp3) is 0.222. The lowest BCUT2D eigenvalue weighted by Crippen LogP contribution is -2.47. The number of halogens is 5. The van der Waals surface area contributed by atoms with Crippen LogP contribution in [-0.2, 0) is 6.18 Å². The normalized spacial score (nSPS) is 14.2. The number of carbonyl (C=O) groups excluding carboxylic acids is 2. The molecule has 2 aromatic heterocycles. The standard InChI is InChI=1S/C27H23ClF4N6O3/c1-37-8-10-38(11-9-37)25(39)17-4-2-15(12-18(17)27(30,31)32)35-26(40)36-21-5-3-16(13-20(21)29)41-22-6-7-33-24-23(22)19(28)14-34-24/h2-7,12-14H,8-11H2,1H3,(H,33,34)(H2,35,36,40). The number of fused-ring (bicyclic) bond motifs is 1. The van der Waals surface area contributed by atoms with E-state index in [9.17, 15) is 27.2 Å². The predicted octanol–water partition coefficient (Wildman–Crippen LogP) is 6.20. The van der Waals surface area contributed by atoms with Crippen LogP contribution >= 0.6 is 11.6 Å². The molecule has 5 rings (SSSR count). The second kappa shape index (κ2) is 11.3. The lowest BCUT2D eigenvalue weighted by molar-refractivity contribution is -0.138. The molecule has 0 unspecified atom stereocenters. The van der Waals surface area contributed by atoms with Gasteiger partial charge >= 0.3 is 12.2 Å². The van der Waals surface area contributed by atoms with E-state index in [1.807, 2.05) is 11.9 Å². The Balaban J connectivity index is 1.28. The van der Waals surface area contributed by atoms with Crippen molar-refractivity contribution in [3.8, 4) is 11.5 Å². The number of pyridine rings is 1. The summed E-state index contributed by atoms with van der Waals surface area (Å²) in [5.74, 6) is -1.16. The molecular formula is C27H23ClF4N6O3. The van der Waals surface area contributed by atoms with Crippen molar-refractivity contribution in [2.24, 2.45) is 0 Å². The van der Waals surface area contributed by atoms with Crippen molar-refractivity contribution in [1.29, 1.82) is 0 Å². The van der Waals surface area contributed by atoms with Crippen molar-refractivity contribution in [2.75, 3.05) is 43.9 Å². The number of alkyl halides is 3. The number of aromatic amines is 1. The number of H-pyrrole nitrogens is 1. The number of hydrogen-bond donors (Lipinski definition) is 3. The Kier molecular flexibility index (Phi) is 7.74. The van der Waals surface area contributed by atoms with Crippen LogP contribution in [0.1, 0.15) is 15.9 Å². The number of anilines is 2. The third-order valence-corrected chi connectivity index (χ3v) is 6.81. The molecule has 214 valence electrons. The summed E-state index contributed by atoms with van der Waals surface area (Å²) in [6, 6.07) is 7.12. The molecule has 2 aromatic carbocycles. The zero-order valence-corrected chi connectivity index (χ0v) is 22.2. The lowest BCUT2D eigenvalue weighted by Gasteiger charge is -2.33. The molecule has 3 amide bonds. The first-order chi connectivity index (χ1) is 19.5. The van der Waals surface area contributed by atoms with Crippen molar-refractivity contribution in [3.05, 3.63) is 76.8 Å². The van der Waals surface area contributed by atoms with Crippen LogP contribution in [0.2, 0.25) is 5.02 Å². The fourth-order valence-corrected chi connectivity index (χ4v) is 4.61. The third-order valence-electron chi connectivity index (χ3n) is 6.51. The number of likely N-dealkylation sites (N-methyl/N-ethyl adjacent to an activating group) is 1. The minimum Gasteiger partial charge on any atom is -0.456 e. The van der Waals surface area contributed by atoms with Gasteiger partial charge in [0.1, 0.15) is 23.0 Å². The molecule has 0 spiro atoms. The van der Waals surface area contributed by atoms with Crippen molar-refractivity contribution in [1.82, 2.24) is 19.8 Å². The molecule has 0 aliphatic carbocycles. The Hall–Kier alpha value is -4.36. The summed E-state index contributed by atoms with van der Waals surface area (Å²) in [5, 5.41) is 5.38. The van der Waals surface area contributed by atoms with Crippen LogP contribution in [0.25, 0.3) is 11.0 Å². The van der Waals surface area contributed by atoms with E-state index in [0.29, 0.717) is 54.1 Å². The number of ether oxygens (including phenoxy) is 1. The van der Waals surface area contributed by atoms with Crippen molar-refractivity contribution >= 4 is 45.9 Å². The number of nitrogens with zero attached hydrogens (tertiary/aromatic N) is 3. The van der Waals surface area contributed by atoms with Crippen LogP contribution in [0.3, 0.4) is 0 Å². The quantitative estimate of drug-likeness (QED) is 0.240. The van der Waals surface area contributed by atoms with Crippen LogP contribution in [0, 0.1) is 5.82 Å². The Morgan fingerprint density at radius 2 is 1.80 bits per heavy atom. The molecule has 3 N–H and O–H groups in total. The minimum atomic E-state index is -4.85. The second-order valence-electron chi connectivity index (χ2n) is 9.35. The van der Waals surface area contributed by atoms with Crippen molar-refractivity contribution in [3.63, 3.8) is 0 Å². The number of benzene rings is 2. The number of piperazine rings is 1. The maximum Gasteiger partial charge on any atom is 0.417 e. The summed E-state index contributed by atoms with van der Waals surface area (Å²) in [6.07, 6.45) is -1.83. The van der Waals surface area contributed by atoms with Gasteiger partial charge in [-0.3, -0.25) is 4.79 Å². The molecule has 0 bridgehead atoms. The number of nitrogens with one attached hydrogen (secondary N) is 3. The van der Waals surface area contributed by atoms with E-state index in [4.69, 9.17) is 16.3 Å². The molecule has 14 heteroatoms. The van der Waals surface area contributed by atoms with Gasteiger partial charge in [0.15, 0.2) is 0 Å². The highest BCUT2D eigenvalue weighted by Crippen LogP contribution is 2.36. The highest BCUT2D eigenvalue weighted by molar-refractivity contribution is 6.36. The maximum atomic E-state index is 14.8. The Morgan fingerprint density at radius 1 is 1.05 bits per heavy atom. The number of carbonyl (C=O) groups is 2. The van der Waals surface area contributed by atoms with E-state index < -0.39 is 35.1 Å². The SMILES string of the molecule is CN1CCN(C(=O)c2ccc(NC(=O)Nc3ccc(Oc4ccnc5[nH]cc(Cl)c45)cc3F)cc2C(F)(F)F)CC1. The Labute approximate surface area is 236 Å². The summed E-state index contributed by atoms with van der Waals surface area (Å²) in [7, 11) is 1.86. The molecule has 1 saturated heterocycles. The summed E-state index contributed by atoms with van der Waals surface area (Å²) in [5.41, 5.74) is -1.68. The summed E-state index contributed by atoms with van der Waals surface area (Å²) >= 11 is 6.16. The molecule has 0 saturated carbocycles. The van der Waals surface area contributed by atoms with Gasteiger partial charge in [0.2, 0.25) is 0 Å². The number of urea groups is 1. The van der Waals surface area contributed by atoms with E-state index in [1.165, 1.54) is 35.5 Å². The minimum absolute atomic E-state index is 0.105. The van der Waals surface area contributed by atoms with E-state index >= 15 is 0 Å². The zero-order valence-electron chi connectivity index (χ0n) is 21.5. The van der Waals surface area contributed by atoms with Gasteiger partial charge in [-0.2, -0.15) is 13.2 Å². The van der Waals surface area contributed by atoms with Crippen LogP contribution in [0.4, 0.5) is 33.7 Å². The van der Waals surface area contributed by atoms with E-state index in [-0.39, 0.29) is 17.1 Å². The van der Waals surface area contributed by atoms with E-state index in [2.05, 4.69) is 20.6 Å². The average Bonchev–Trinajstić information content (AvgIpc) is 3.31. The Morgan fingerprint density at radius 3 is 2.51 bits per heavy atom. The molecule has 0 atom stereocenters. The van der Waals surface area contributed by atoms with Gasteiger partial charge in [-0.1, -0.05) is 11.6 Å². The average molecular weight is 591 g/mol. The van der Waals surface area contributed by atoms with Crippen LogP contribution in [-0.4, -0.2) is 64.9 Å². The maximum absolute atomic E-state index is 14.8. The molecule has 1 fully saturated rings. The number of aromatic nitrogens is 2. The summed E-state index contributed by atoms with van der Waals surface area (Å²) in [6.45, 7) is 1.70. The molecular weight excluding hydrogens is 568 g/mol. The predicted molar refractivity (Wildman–Crippen MR) is 145 cm³/mol. The fourth-order valence-electron chi connectivity index (χ4n) is 4.37. The first-order valence-corrected chi connectivity index (χ1v) is 12.7. The summed E-state index contributed by atoms with van der Waals surface area (Å²) in [4.78, 5) is 35.7. The molecule has 0 radical (unpaired) electrons. The highest BCUT2D eigenvalue weighted by atomic mass is 35.5. The van der Waals surface area contributed by atoms with Gasteiger partial charge in [-0.25, -0.2) is 14.2 Å². The van der Waals surface area contributed by atoms with Crippen molar-refractivity contribution < 1.29 is 31.9 Å². The van der Waals surface area contributed by atoms with Crippen LogP contribution < -0.4 is 15.4 Å². The van der Waals surface area contributed by atoms with Gasteiger partial charge in [0.05, 0.1) is 27.2 Å². The topological polar surface area (TPSA) is 103 Å². The van der Waals surface area contributed by atoms with Gasteiger partial charge in [-0.05, 0) is 43.4 Å². The number of rotatable bonds is 5. The van der Waals surface area contributed by atoms with Crippen LogP contribution in [0.15, 0.2) is 54.9 Å². The number of hydrogen-bond acceptors (Lipinski definition) is 5. The molecule has 41 heavy (non-hydrogen) atoms. The van der Waals surface area contributed by atoms with Gasteiger partial charge in [-0.15, -0.1) is 0 Å². The zero-order chi connectivity index (χ0) is 29.3. The molecule has 3 heterocycles. The smallest absolute Gasteiger partial charge is 0.417 e. The molecule has 1 aliphatic rings. The number of amides is 3. The third kappa shape index (κ3) is 6.20. The van der Waals surface area contributed by atoms with Gasteiger partial charge < -0.3 is 30.2 Å². The summed E-state index contributed by atoms with van der Waals surface area (Å²) < 4.78 is 62.1. The molecule has 9 nitrogen and oxygen atoms in total. The monoisotopic (exact) mass is 590 g/mol. The molecule has 4 aromatic rings. The van der Waals surface area contributed by atoms with Gasteiger partial charge in [0, 0.05) is 50.3 Å². The van der Waals surface area contributed by atoms with Crippen LogP contribution in [0.5, 0.6) is 11.5 Å². The largest absolute Gasteiger partial charge is 0.456 e. The van der Waals surface area contributed by atoms with Crippen molar-refractivity contribution in [2.45, 2.75) is 6.18 Å². The first-order valence-electron chi connectivity index (χ1n) is 12.4. The lowest BCUT2D eigenvalue weighted by atomic mass is 10.0. The first kappa shape index (κ1) is 28.2. The van der Waals surface area contributed by atoms with Gasteiger partial charge in [0.25, 0.3) is 5.91 Å². The van der Waals surface area contributed by atoms with E-state index in [1.54, 1.807) is 6.07 Å². The Bertz CT molecular complexity index is 1620.